The molecule has 0 saturated carbocycles. The topological polar surface area (TPSA) is 86.8 Å². The number of hydrogen-bond acceptors (Lipinski definition) is 4. The van der Waals surface area contributed by atoms with Gasteiger partial charge in [-0.2, -0.15) is 0 Å². The molecule has 1 N–H and O–H groups in total. The number of carbonyl (C=O) groups excluding carboxylic acids is 4. The lowest BCUT2D eigenvalue weighted by Crippen LogP contribution is -2.52. The third-order valence-corrected chi connectivity index (χ3v) is 7.59. The number of hydrogen-bond donors (Lipinski definition) is 1. The first kappa shape index (κ1) is 29.0. The average molecular weight is 560 g/mol. The zero-order valence-electron chi connectivity index (χ0n) is 22.8. The van der Waals surface area contributed by atoms with Crippen molar-refractivity contribution in [1.82, 2.24) is 15.1 Å². The van der Waals surface area contributed by atoms with Crippen LogP contribution in [-0.4, -0.2) is 52.1 Å². The van der Waals surface area contributed by atoms with Crippen molar-refractivity contribution in [2.75, 3.05) is 6.54 Å². The quantitative estimate of drug-likeness (QED) is 0.306. The van der Waals surface area contributed by atoms with Crippen molar-refractivity contribution in [1.29, 1.82) is 0 Å². The summed E-state index contributed by atoms with van der Waals surface area (Å²) in [5, 5.41) is 3.55. The van der Waals surface area contributed by atoms with Crippen molar-refractivity contribution in [2.45, 2.75) is 58.2 Å². The van der Waals surface area contributed by atoms with Crippen molar-refractivity contribution in [3.8, 4) is 0 Å². The Morgan fingerprint density at radius 1 is 0.900 bits per heavy atom. The molecule has 208 valence electrons. The van der Waals surface area contributed by atoms with Gasteiger partial charge in [-0.3, -0.25) is 24.1 Å². The second kappa shape index (κ2) is 13.4. The van der Waals surface area contributed by atoms with Crippen LogP contribution in [0.15, 0.2) is 78.9 Å². The summed E-state index contributed by atoms with van der Waals surface area (Å²) in [6, 6.07) is 22.7. The van der Waals surface area contributed by atoms with Gasteiger partial charge >= 0.3 is 0 Å². The van der Waals surface area contributed by atoms with Crippen LogP contribution in [0, 0.1) is 0 Å². The van der Waals surface area contributed by atoms with Gasteiger partial charge < -0.3 is 10.2 Å². The highest BCUT2D eigenvalue weighted by Gasteiger charge is 2.35. The Labute approximate surface area is 240 Å². The standard InChI is InChI=1S/C32H34ClN3O4/c1-3-22(2)34-30(38)28(20-23-12-5-4-6-13-23)36(21-24-14-7-10-17-27(24)33)29(37)18-11-19-35-31(39)25-15-8-9-16-26(25)32(35)40/h4-10,12-17,22,28H,3,11,18-21H2,1-2H3,(H,34,38)/t22-,28+/m0/s1. The number of nitrogens with one attached hydrogen (secondary N) is 1. The molecular formula is C32H34ClN3O4. The largest absolute Gasteiger partial charge is 0.352 e. The number of fused-ring (bicyclic) bond motifs is 1. The molecule has 0 aliphatic carbocycles. The van der Waals surface area contributed by atoms with Gasteiger partial charge in [0.05, 0.1) is 11.1 Å². The third-order valence-electron chi connectivity index (χ3n) is 7.22. The molecule has 3 aromatic carbocycles. The summed E-state index contributed by atoms with van der Waals surface area (Å²) < 4.78 is 0. The molecule has 4 rings (SSSR count). The van der Waals surface area contributed by atoms with E-state index in [0.717, 1.165) is 17.5 Å². The van der Waals surface area contributed by atoms with E-state index in [0.29, 0.717) is 22.6 Å². The van der Waals surface area contributed by atoms with Crippen LogP contribution in [0.1, 0.15) is 65.0 Å². The number of nitrogens with zero attached hydrogens (tertiary/aromatic N) is 2. The summed E-state index contributed by atoms with van der Waals surface area (Å²) in [5.41, 5.74) is 2.41. The molecule has 8 heteroatoms. The van der Waals surface area contributed by atoms with Crippen molar-refractivity contribution in [2.24, 2.45) is 0 Å². The highest BCUT2D eigenvalue weighted by Crippen LogP contribution is 2.24. The lowest BCUT2D eigenvalue weighted by Gasteiger charge is -2.32. The van der Waals surface area contributed by atoms with Crippen LogP contribution in [0.25, 0.3) is 0 Å². The van der Waals surface area contributed by atoms with Gasteiger partial charge in [-0.15, -0.1) is 0 Å². The van der Waals surface area contributed by atoms with E-state index in [1.54, 1.807) is 35.2 Å². The predicted molar refractivity (Wildman–Crippen MR) is 155 cm³/mol. The molecule has 0 aromatic heterocycles. The Hall–Kier alpha value is -3.97. The number of halogens is 1. The smallest absolute Gasteiger partial charge is 0.261 e. The molecule has 7 nitrogen and oxygen atoms in total. The van der Waals surface area contributed by atoms with Gasteiger partial charge in [0.2, 0.25) is 11.8 Å². The molecular weight excluding hydrogens is 526 g/mol. The van der Waals surface area contributed by atoms with Crippen molar-refractivity contribution in [3.05, 3.63) is 106 Å². The lowest BCUT2D eigenvalue weighted by atomic mass is 10.0. The highest BCUT2D eigenvalue weighted by atomic mass is 35.5. The van der Waals surface area contributed by atoms with Gasteiger partial charge in [-0.05, 0) is 49.1 Å². The maximum atomic E-state index is 13.8. The van der Waals surface area contributed by atoms with E-state index in [-0.39, 0.29) is 55.6 Å². The van der Waals surface area contributed by atoms with Crippen LogP contribution in [-0.2, 0) is 22.6 Å². The normalized spacial score (nSPS) is 14.0. The van der Waals surface area contributed by atoms with Crippen molar-refractivity contribution >= 4 is 35.2 Å². The molecule has 0 unspecified atom stereocenters. The third kappa shape index (κ3) is 6.77. The first-order valence-electron chi connectivity index (χ1n) is 13.6. The monoisotopic (exact) mass is 559 g/mol. The molecule has 0 radical (unpaired) electrons. The van der Waals surface area contributed by atoms with Crippen molar-refractivity contribution in [3.63, 3.8) is 0 Å². The minimum Gasteiger partial charge on any atom is -0.352 e. The summed E-state index contributed by atoms with van der Waals surface area (Å²) >= 11 is 6.47. The Bertz CT molecular complexity index is 1340. The fraction of sp³-hybridized carbons (Fsp3) is 0.312. The van der Waals surface area contributed by atoms with Crippen LogP contribution >= 0.6 is 11.6 Å². The number of carbonyl (C=O) groups is 4. The summed E-state index contributed by atoms with van der Waals surface area (Å²) in [6.45, 7) is 4.18. The number of amides is 4. The molecule has 0 spiro atoms. The van der Waals surface area contributed by atoms with Crippen LogP contribution in [0.3, 0.4) is 0 Å². The first-order valence-corrected chi connectivity index (χ1v) is 14.0. The molecule has 2 atom stereocenters. The van der Waals surface area contributed by atoms with Gasteiger partial charge in [0.15, 0.2) is 0 Å². The zero-order chi connectivity index (χ0) is 28.6. The van der Waals surface area contributed by atoms with E-state index in [2.05, 4.69) is 5.32 Å². The van der Waals surface area contributed by atoms with Crippen LogP contribution < -0.4 is 5.32 Å². The summed E-state index contributed by atoms with van der Waals surface area (Å²) in [6.07, 6.45) is 1.41. The second-order valence-corrected chi connectivity index (χ2v) is 10.5. The summed E-state index contributed by atoms with van der Waals surface area (Å²) in [4.78, 5) is 55.7. The van der Waals surface area contributed by atoms with E-state index in [1.165, 1.54) is 4.90 Å². The molecule has 3 aromatic rings. The Morgan fingerprint density at radius 3 is 2.12 bits per heavy atom. The Kier molecular flexibility index (Phi) is 9.72. The molecule has 40 heavy (non-hydrogen) atoms. The minimum atomic E-state index is -0.778. The molecule has 0 fully saturated rings. The Morgan fingerprint density at radius 2 is 1.50 bits per heavy atom. The van der Waals surface area contributed by atoms with Gasteiger partial charge in [-0.25, -0.2) is 0 Å². The SMILES string of the molecule is CC[C@H](C)NC(=O)[C@@H](Cc1ccccc1)N(Cc1ccccc1Cl)C(=O)CCCN1C(=O)c2ccccc2C1=O. The maximum absolute atomic E-state index is 13.8. The molecule has 4 amide bonds. The maximum Gasteiger partial charge on any atom is 0.261 e. The van der Waals surface area contributed by atoms with E-state index >= 15 is 0 Å². The fourth-order valence-electron chi connectivity index (χ4n) is 4.78. The Balaban J connectivity index is 1.56. The van der Waals surface area contributed by atoms with Crippen LogP contribution in [0.5, 0.6) is 0 Å². The van der Waals surface area contributed by atoms with Crippen molar-refractivity contribution < 1.29 is 19.2 Å². The number of benzene rings is 3. The zero-order valence-corrected chi connectivity index (χ0v) is 23.6. The average Bonchev–Trinajstić information content (AvgIpc) is 3.21. The molecule has 0 bridgehead atoms. The number of rotatable bonds is 12. The number of imide groups is 1. The summed E-state index contributed by atoms with van der Waals surface area (Å²) in [7, 11) is 0. The van der Waals surface area contributed by atoms with E-state index in [9.17, 15) is 19.2 Å². The van der Waals surface area contributed by atoms with E-state index in [1.807, 2.05) is 62.4 Å². The predicted octanol–water partition coefficient (Wildman–Crippen LogP) is 5.27. The van der Waals surface area contributed by atoms with Gasteiger partial charge in [0.1, 0.15) is 6.04 Å². The van der Waals surface area contributed by atoms with Gasteiger partial charge in [-0.1, -0.05) is 79.2 Å². The molecule has 1 aliphatic heterocycles. The fourth-order valence-corrected chi connectivity index (χ4v) is 4.97. The van der Waals surface area contributed by atoms with Gasteiger partial charge in [0, 0.05) is 37.0 Å². The highest BCUT2D eigenvalue weighted by molar-refractivity contribution is 6.31. The lowest BCUT2D eigenvalue weighted by molar-refractivity contribution is -0.141. The van der Waals surface area contributed by atoms with E-state index in [4.69, 9.17) is 11.6 Å². The van der Waals surface area contributed by atoms with Gasteiger partial charge in [0.25, 0.3) is 11.8 Å². The second-order valence-electron chi connectivity index (χ2n) is 10.0. The van der Waals surface area contributed by atoms with E-state index < -0.39 is 6.04 Å². The first-order chi connectivity index (χ1) is 19.3. The summed E-state index contributed by atoms with van der Waals surface area (Å²) in [5.74, 6) is -1.19. The molecule has 1 heterocycles. The van der Waals surface area contributed by atoms with Crippen LogP contribution in [0.4, 0.5) is 0 Å². The van der Waals surface area contributed by atoms with Crippen LogP contribution in [0.2, 0.25) is 5.02 Å². The minimum absolute atomic E-state index is 0.0553. The molecule has 1 aliphatic rings. The molecule has 0 saturated heterocycles.